The second-order valence-corrected chi connectivity index (χ2v) is 4.38. The van der Waals surface area contributed by atoms with Crippen LogP contribution in [-0.2, 0) is 6.54 Å². The molecule has 0 fully saturated rings. The van der Waals surface area contributed by atoms with Crippen LogP contribution in [-0.4, -0.2) is 14.5 Å². The van der Waals surface area contributed by atoms with Gasteiger partial charge in [-0.2, -0.15) is 0 Å². The summed E-state index contributed by atoms with van der Waals surface area (Å²) in [6.45, 7) is 2.78. The minimum absolute atomic E-state index is 0.591. The van der Waals surface area contributed by atoms with Crippen LogP contribution in [0, 0.1) is 6.92 Å². The van der Waals surface area contributed by atoms with E-state index < -0.39 is 0 Å². The van der Waals surface area contributed by atoms with Gasteiger partial charge in [0.25, 0.3) is 0 Å². The van der Waals surface area contributed by atoms with Crippen molar-refractivity contribution in [3.63, 3.8) is 0 Å². The van der Waals surface area contributed by atoms with E-state index in [1.165, 1.54) is 11.3 Å². The Morgan fingerprint density at radius 1 is 1.54 bits per heavy atom. The Hall–Kier alpha value is -0.870. The lowest BCUT2D eigenvalue weighted by atomic mass is 10.5. The Balaban J connectivity index is 2.19. The molecule has 2 aromatic heterocycles. The zero-order valence-electron chi connectivity index (χ0n) is 7.07. The Morgan fingerprint density at radius 2 is 2.38 bits per heavy atom. The second kappa shape index (κ2) is 3.47. The molecular weight excluding hydrogens is 206 g/mol. The average molecular weight is 214 g/mol. The predicted molar refractivity (Wildman–Crippen MR) is 53.2 cm³/mol. The van der Waals surface area contributed by atoms with Crippen molar-refractivity contribution in [2.24, 2.45) is 0 Å². The maximum Gasteiger partial charge on any atom is 0.183 e. The normalized spacial score (nSPS) is 10.6. The van der Waals surface area contributed by atoms with E-state index in [1.54, 1.807) is 12.4 Å². The summed E-state index contributed by atoms with van der Waals surface area (Å²) in [5.74, 6) is 1.00. The fourth-order valence-electron chi connectivity index (χ4n) is 1.10. The van der Waals surface area contributed by atoms with E-state index >= 15 is 0 Å². The summed E-state index contributed by atoms with van der Waals surface area (Å²) in [5, 5.41) is 0. The lowest BCUT2D eigenvalue weighted by molar-refractivity contribution is 0.770. The molecule has 0 aromatic carbocycles. The van der Waals surface area contributed by atoms with Crippen LogP contribution >= 0.6 is 22.9 Å². The van der Waals surface area contributed by atoms with Crippen LogP contribution in [0.3, 0.4) is 0 Å². The number of hydrogen-bond donors (Lipinski definition) is 0. The number of hydrogen-bond acceptors (Lipinski definition) is 3. The Labute approximate surface area is 85.0 Å². The highest BCUT2D eigenvalue weighted by Gasteiger charge is 2.01. The van der Waals surface area contributed by atoms with Crippen LogP contribution in [0.25, 0.3) is 0 Å². The molecular formula is C8H8ClN3S. The highest BCUT2D eigenvalue weighted by Crippen LogP contribution is 2.18. The van der Waals surface area contributed by atoms with Gasteiger partial charge in [-0.25, -0.2) is 9.97 Å². The van der Waals surface area contributed by atoms with Gasteiger partial charge < -0.3 is 4.57 Å². The summed E-state index contributed by atoms with van der Waals surface area (Å²) < 4.78 is 2.65. The minimum Gasteiger partial charge on any atom is -0.330 e. The number of imidazole rings is 1. The van der Waals surface area contributed by atoms with E-state index in [1.807, 2.05) is 13.1 Å². The number of thiazole rings is 1. The van der Waals surface area contributed by atoms with Crippen LogP contribution < -0.4 is 0 Å². The largest absolute Gasteiger partial charge is 0.330 e. The van der Waals surface area contributed by atoms with Crippen LogP contribution in [0.5, 0.6) is 0 Å². The van der Waals surface area contributed by atoms with E-state index in [0.29, 0.717) is 4.47 Å². The first kappa shape index (κ1) is 8.72. The molecule has 0 unspecified atom stereocenters. The molecule has 0 amide bonds. The molecule has 0 N–H and O–H groups in total. The summed E-state index contributed by atoms with van der Waals surface area (Å²) in [5.41, 5.74) is 0. The van der Waals surface area contributed by atoms with E-state index in [-0.39, 0.29) is 0 Å². The summed E-state index contributed by atoms with van der Waals surface area (Å²) in [6.07, 6.45) is 5.54. The predicted octanol–water partition coefficient (Wildman–Crippen LogP) is 2.35. The van der Waals surface area contributed by atoms with Gasteiger partial charge in [0.1, 0.15) is 5.82 Å². The first-order valence-electron chi connectivity index (χ1n) is 3.83. The van der Waals surface area contributed by atoms with Crippen molar-refractivity contribution in [1.29, 1.82) is 0 Å². The molecule has 0 aliphatic carbocycles. The van der Waals surface area contributed by atoms with Crippen LogP contribution in [0.1, 0.15) is 10.7 Å². The Morgan fingerprint density at radius 3 is 2.92 bits per heavy atom. The molecule has 5 heteroatoms. The topological polar surface area (TPSA) is 30.7 Å². The second-order valence-electron chi connectivity index (χ2n) is 2.68. The van der Waals surface area contributed by atoms with Gasteiger partial charge in [0.15, 0.2) is 4.47 Å². The fourth-order valence-corrected chi connectivity index (χ4v) is 2.07. The summed E-state index contributed by atoms with van der Waals surface area (Å²) in [6, 6.07) is 0. The monoisotopic (exact) mass is 213 g/mol. The smallest absolute Gasteiger partial charge is 0.183 e. The van der Waals surface area contributed by atoms with Crippen molar-refractivity contribution in [3.05, 3.63) is 33.8 Å². The van der Waals surface area contributed by atoms with Gasteiger partial charge in [-0.15, -0.1) is 11.3 Å². The van der Waals surface area contributed by atoms with E-state index in [0.717, 1.165) is 17.2 Å². The van der Waals surface area contributed by atoms with Gasteiger partial charge in [-0.1, -0.05) is 11.6 Å². The molecule has 68 valence electrons. The average Bonchev–Trinajstić information content (AvgIpc) is 2.64. The first-order chi connectivity index (χ1) is 6.25. The molecule has 0 bridgehead atoms. The van der Waals surface area contributed by atoms with Gasteiger partial charge in [0.05, 0.1) is 6.54 Å². The van der Waals surface area contributed by atoms with Crippen molar-refractivity contribution in [2.75, 3.05) is 0 Å². The van der Waals surface area contributed by atoms with Crippen molar-refractivity contribution in [3.8, 4) is 0 Å². The highest BCUT2D eigenvalue weighted by molar-refractivity contribution is 7.15. The standard InChI is InChI=1S/C8H8ClN3S/c1-6-10-2-3-12(6)5-7-4-11-8(9)13-7/h2-4H,5H2,1H3. The number of aryl methyl sites for hydroxylation is 1. The van der Waals surface area contributed by atoms with Crippen molar-refractivity contribution in [2.45, 2.75) is 13.5 Å². The molecule has 2 aromatic rings. The SMILES string of the molecule is Cc1nccn1Cc1cnc(Cl)s1. The fraction of sp³-hybridized carbons (Fsp3) is 0.250. The lowest BCUT2D eigenvalue weighted by Crippen LogP contribution is -1.98. The minimum atomic E-state index is 0.591. The third-order valence-electron chi connectivity index (χ3n) is 1.78. The molecule has 0 radical (unpaired) electrons. The number of halogens is 1. The van der Waals surface area contributed by atoms with Crippen LogP contribution in [0.2, 0.25) is 4.47 Å². The molecule has 0 atom stereocenters. The first-order valence-corrected chi connectivity index (χ1v) is 5.03. The number of nitrogens with zero attached hydrogens (tertiary/aromatic N) is 3. The summed E-state index contributed by atoms with van der Waals surface area (Å²) in [7, 11) is 0. The Kier molecular flexibility index (Phi) is 2.33. The third-order valence-corrected chi connectivity index (χ3v) is 2.87. The summed E-state index contributed by atoms with van der Waals surface area (Å²) in [4.78, 5) is 9.26. The molecule has 2 heterocycles. The lowest BCUT2D eigenvalue weighted by Gasteiger charge is -2.00. The molecule has 13 heavy (non-hydrogen) atoms. The maximum atomic E-state index is 5.72. The molecule has 0 saturated carbocycles. The Bertz CT molecular complexity index is 407. The molecule has 0 aliphatic rings. The quantitative estimate of drug-likeness (QED) is 0.767. The summed E-state index contributed by atoms with van der Waals surface area (Å²) >= 11 is 7.22. The number of rotatable bonds is 2. The molecule has 0 spiro atoms. The van der Waals surface area contributed by atoms with Crippen molar-refractivity contribution >= 4 is 22.9 Å². The van der Waals surface area contributed by atoms with Crippen LogP contribution in [0.15, 0.2) is 18.6 Å². The molecule has 0 saturated heterocycles. The van der Waals surface area contributed by atoms with Gasteiger partial charge in [-0.05, 0) is 6.92 Å². The van der Waals surface area contributed by atoms with E-state index in [2.05, 4.69) is 14.5 Å². The van der Waals surface area contributed by atoms with E-state index in [4.69, 9.17) is 11.6 Å². The van der Waals surface area contributed by atoms with Gasteiger partial charge in [-0.3, -0.25) is 0 Å². The highest BCUT2D eigenvalue weighted by atomic mass is 35.5. The zero-order valence-corrected chi connectivity index (χ0v) is 8.64. The zero-order chi connectivity index (χ0) is 9.26. The maximum absolute atomic E-state index is 5.72. The third kappa shape index (κ3) is 1.89. The molecule has 2 rings (SSSR count). The van der Waals surface area contributed by atoms with Crippen molar-refractivity contribution in [1.82, 2.24) is 14.5 Å². The van der Waals surface area contributed by atoms with E-state index in [9.17, 15) is 0 Å². The van der Waals surface area contributed by atoms with Gasteiger partial charge in [0, 0.05) is 23.5 Å². The molecule has 0 aliphatic heterocycles. The van der Waals surface area contributed by atoms with Gasteiger partial charge in [0.2, 0.25) is 0 Å². The van der Waals surface area contributed by atoms with Crippen molar-refractivity contribution < 1.29 is 0 Å². The molecule has 3 nitrogen and oxygen atoms in total. The number of aromatic nitrogens is 3. The van der Waals surface area contributed by atoms with Gasteiger partial charge >= 0.3 is 0 Å². The van der Waals surface area contributed by atoms with Crippen LogP contribution in [0.4, 0.5) is 0 Å².